The largest absolute Gasteiger partial charge is 0.451 e. The average molecular weight is 396 g/mol. The zero-order valence-electron chi connectivity index (χ0n) is 16.1. The van der Waals surface area contributed by atoms with Gasteiger partial charge in [-0.25, -0.2) is 0 Å². The van der Waals surface area contributed by atoms with Crippen LogP contribution in [0.25, 0.3) is 0 Å². The monoisotopic (exact) mass is 396 g/mol. The van der Waals surface area contributed by atoms with E-state index in [0.717, 1.165) is 21.5 Å². The van der Waals surface area contributed by atoms with Crippen LogP contribution in [0.15, 0.2) is 12.7 Å². The van der Waals surface area contributed by atoms with Gasteiger partial charge in [0.1, 0.15) is 0 Å². The van der Waals surface area contributed by atoms with Crippen molar-refractivity contribution in [2.75, 3.05) is 6.54 Å². The van der Waals surface area contributed by atoms with Crippen LogP contribution in [0.1, 0.15) is 48.0 Å². The normalized spacial score (nSPS) is 16.9. The predicted octanol–water partition coefficient (Wildman–Crippen LogP) is 2.83. The van der Waals surface area contributed by atoms with E-state index in [4.69, 9.17) is 0 Å². The zero-order chi connectivity index (χ0) is 20.6. The summed E-state index contributed by atoms with van der Waals surface area (Å²) in [7, 11) is 0. The molecule has 0 radical (unpaired) electrons. The second-order valence-electron chi connectivity index (χ2n) is 6.91. The first-order valence-electron chi connectivity index (χ1n) is 9.08. The second kappa shape index (κ2) is 7.40. The van der Waals surface area contributed by atoms with E-state index in [1.807, 2.05) is 18.5 Å². The Morgan fingerprint density at radius 2 is 2.00 bits per heavy atom. The number of halogens is 3. The quantitative estimate of drug-likeness (QED) is 0.729. The number of alkyl halides is 3. The lowest BCUT2D eigenvalue weighted by atomic mass is 10.1. The van der Waals surface area contributed by atoms with Crippen molar-refractivity contribution in [1.29, 1.82) is 0 Å². The van der Waals surface area contributed by atoms with Gasteiger partial charge in [0.05, 0.1) is 18.3 Å². The number of fused-ring (bicyclic) bond motifs is 1. The molecule has 7 nitrogen and oxygen atoms in total. The summed E-state index contributed by atoms with van der Waals surface area (Å²) in [6.45, 7) is 10.1. The van der Waals surface area contributed by atoms with Gasteiger partial charge in [-0.2, -0.15) is 18.3 Å². The van der Waals surface area contributed by atoms with E-state index in [1.165, 1.54) is 0 Å². The second-order valence-corrected chi connectivity index (χ2v) is 6.91. The van der Waals surface area contributed by atoms with E-state index in [0.29, 0.717) is 13.0 Å². The molecule has 0 aromatic carbocycles. The fourth-order valence-corrected chi connectivity index (χ4v) is 3.71. The Kier molecular flexibility index (Phi) is 5.31. The molecule has 0 aliphatic carbocycles. The Morgan fingerprint density at radius 1 is 1.29 bits per heavy atom. The maximum Gasteiger partial charge on any atom is 0.451 e. The van der Waals surface area contributed by atoms with Gasteiger partial charge in [0.25, 0.3) is 0 Å². The summed E-state index contributed by atoms with van der Waals surface area (Å²) in [4.78, 5) is 14.3. The predicted molar refractivity (Wildman–Crippen MR) is 95.4 cm³/mol. The van der Waals surface area contributed by atoms with Gasteiger partial charge in [-0.1, -0.05) is 6.08 Å². The molecule has 2 aromatic rings. The number of amides is 1. The summed E-state index contributed by atoms with van der Waals surface area (Å²) >= 11 is 0. The molecule has 0 N–H and O–H groups in total. The molecule has 1 aliphatic heterocycles. The van der Waals surface area contributed by atoms with E-state index < -0.39 is 18.0 Å². The number of hydrogen-bond donors (Lipinski definition) is 0. The molecular weight excluding hydrogens is 373 g/mol. The number of rotatable bonds is 5. The molecule has 152 valence electrons. The van der Waals surface area contributed by atoms with Crippen molar-refractivity contribution in [2.24, 2.45) is 0 Å². The van der Waals surface area contributed by atoms with E-state index >= 15 is 0 Å². The van der Waals surface area contributed by atoms with Gasteiger partial charge in [0, 0.05) is 25.2 Å². The number of nitrogens with zero attached hydrogens (tertiary/aromatic N) is 6. The summed E-state index contributed by atoms with van der Waals surface area (Å²) < 4.78 is 41.9. The lowest BCUT2D eigenvalue weighted by Gasteiger charge is -2.34. The molecule has 10 heteroatoms. The minimum atomic E-state index is -4.56. The molecule has 2 aromatic heterocycles. The highest BCUT2D eigenvalue weighted by atomic mass is 19.4. The van der Waals surface area contributed by atoms with Crippen LogP contribution in [-0.4, -0.2) is 41.9 Å². The number of carbonyl (C=O) groups is 1. The van der Waals surface area contributed by atoms with Gasteiger partial charge in [-0.15, -0.1) is 16.8 Å². The molecule has 1 amide bonds. The SMILES string of the molecule is C=CCn1nc(C)c(CCC(=O)N2CCn3c(nnc3C(F)(F)F)C2C)c1C. The minimum absolute atomic E-state index is 0.0303. The van der Waals surface area contributed by atoms with Crippen LogP contribution < -0.4 is 0 Å². The van der Waals surface area contributed by atoms with Crippen molar-refractivity contribution in [3.63, 3.8) is 0 Å². The fraction of sp³-hybridized carbons (Fsp3) is 0.556. The topological polar surface area (TPSA) is 68.8 Å². The third-order valence-electron chi connectivity index (χ3n) is 5.18. The standard InChI is InChI=1S/C18H23F3N6O/c1-5-8-27-12(3)14(11(2)24-27)6-7-15(28)25-9-10-26-16(13(25)4)22-23-17(26)18(19,20)21/h5,13H,1,6-10H2,2-4H3. The van der Waals surface area contributed by atoms with Gasteiger partial charge in [-0.05, 0) is 32.8 Å². The number of hydrogen-bond acceptors (Lipinski definition) is 4. The Balaban J connectivity index is 1.71. The summed E-state index contributed by atoms with van der Waals surface area (Å²) in [6, 6.07) is -0.560. The lowest BCUT2D eigenvalue weighted by molar-refractivity contribution is -0.148. The molecule has 3 rings (SSSR count). The van der Waals surface area contributed by atoms with Crippen LogP contribution in [-0.2, 0) is 30.5 Å². The summed E-state index contributed by atoms with van der Waals surface area (Å²) in [5.74, 6) is -0.967. The Labute approximate surface area is 160 Å². The molecule has 0 fully saturated rings. The molecule has 1 unspecified atom stereocenters. The molecule has 0 saturated carbocycles. The van der Waals surface area contributed by atoms with E-state index in [9.17, 15) is 18.0 Å². The van der Waals surface area contributed by atoms with E-state index in [-0.39, 0.29) is 31.2 Å². The Bertz CT molecular complexity index is 898. The van der Waals surface area contributed by atoms with Crippen molar-refractivity contribution < 1.29 is 18.0 Å². The van der Waals surface area contributed by atoms with Gasteiger partial charge in [0.2, 0.25) is 11.7 Å². The third kappa shape index (κ3) is 3.55. The summed E-state index contributed by atoms with van der Waals surface area (Å²) in [5, 5.41) is 11.4. The zero-order valence-corrected chi connectivity index (χ0v) is 16.1. The first-order valence-corrected chi connectivity index (χ1v) is 9.08. The van der Waals surface area contributed by atoms with E-state index in [2.05, 4.69) is 21.9 Å². The lowest BCUT2D eigenvalue weighted by Crippen LogP contribution is -2.42. The van der Waals surface area contributed by atoms with Crippen molar-refractivity contribution in [1.82, 2.24) is 29.4 Å². The summed E-state index contributed by atoms with van der Waals surface area (Å²) in [5.41, 5.74) is 2.88. The van der Waals surface area contributed by atoms with Crippen molar-refractivity contribution in [2.45, 2.75) is 58.9 Å². The Hall–Kier alpha value is -2.65. The number of aryl methyl sites for hydroxylation is 1. The van der Waals surface area contributed by atoms with Crippen LogP contribution in [0, 0.1) is 13.8 Å². The number of allylic oxidation sites excluding steroid dienone is 1. The molecule has 1 atom stereocenters. The average Bonchev–Trinajstić information content (AvgIpc) is 3.16. The van der Waals surface area contributed by atoms with E-state index in [1.54, 1.807) is 17.9 Å². The van der Waals surface area contributed by atoms with Crippen LogP contribution in [0.3, 0.4) is 0 Å². The maximum absolute atomic E-state index is 13.0. The highest BCUT2D eigenvalue weighted by molar-refractivity contribution is 5.77. The van der Waals surface area contributed by atoms with Crippen molar-refractivity contribution in [3.8, 4) is 0 Å². The van der Waals surface area contributed by atoms with Gasteiger partial charge in [-0.3, -0.25) is 9.48 Å². The molecule has 1 aliphatic rings. The summed E-state index contributed by atoms with van der Waals surface area (Å²) in [6.07, 6.45) is -2.02. The van der Waals surface area contributed by atoms with Crippen LogP contribution in [0.2, 0.25) is 0 Å². The van der Waals surface area contributed by atoms with Crippen molar-refractivity contribution >= 4 is 5.91 Å². The highest BCUT2D eigenvalue weighted by Gasteiger charge is 2.41. The van der Waals surface area contributed by atoms with Gasteiger partial charge in [0.15, 0.2) is 5.82 Å². The first-order chi connectivity index (χ1) is 13.1. The van der Waals surface area contributed by atoms with Crippen molar-refractivity contribution in [3.05, 3.63) is 41.3 Å². The van der Waals surface area contributed by atoms with Crippen LogP contribution >= 0.6 is 0 Å². The number of aromatic nitrogens is 5. The third-order valence-corrected chi connectivity index (χ3v) is 5.18. The van der Waals surface area contributed by atoms with Gasteiger partial charge >= 0.3 is 6.18 Å². The molecule has 0 bridgehead atoms. The molecule has 3 heterocycles. The molecule has 28 heavy (non-hydrogen) atoms. The smallest absolute Gasteiger partial charge is 0.331 e. The van der Waals surface area contributed by atoms with Crippen LogP contribution in [0.5, 0.6) is 0 Å². The minimum Gasteiger partial charge on any atom is -0.331 e. The number of carbonyl (C=O) groups excluding carboxylic acids is 1. The fourth-order valence-electron chi connectivity index (χ4n) is 3.71. The van der Waals surface area contributed by atoms with Crippen LogP contribution in [0.4, 0.5) is 13.2 Å². The molecular formula is C18H23F3N6O. The van der Waals surface area contributed by atoms with Gasteiger partial charge < -0.3 is 9.47 Å². The highest BCUT2D eigenvalue weighted by Crippen LogP contribution is 2.33. The molecule has 0 spiro atoms. The first kappa shape index (κ1) is 20.1. The maximum atomic E-state index is 13.0. The molecule has 0 saturated heterocycles. The Morgan fingerprint density at radius 3 is 2.64 bits per heavy atom.